The first-order valence-electron chi connectivity index (χ1n) is 9.21. The number of halogens is 2. The third kappa shape index (κ3) is 3.67. The van der Waals surface area contributed by atoms with Gasteiger partial charge in [0.1, 0.15) is 0 Å². The van der Waals surface area contributed by atoms with Gasteiger partial charge in [-0.25, -0.2) is 4.99 Å². The number of nitrogens with zero attached hydrogens (tertiary/aromatic N) is 2. The van der Waals surface area contributed by atoms with E-state index < -0.39 is 12.0 Å². The second kappa shape index (κ2) is 8.49. The Morgan fingerprint density at radius 1 is 1.13 bits per heavy atom. The monoisotopic (exact) mass is 475 g/mol. The molecule has 2 heterocycles. The lowest BCUT2D eigenvalue weighted by atomic mass is 9.93. The van der Waals surface area contributed by atoms with Crippen molar-refractivity contribution in [2.24, 2.45) is 4.99 Å². The molecule has 2 aromatic carbocycles. The second-order valence-corrected chi connectivity index (χ2v) is 8.59. The number of aliphatic imine (C=N–C) groups is 1. The van der Waals surface area contributed by atoms with Crippen LogP contribution in [-0.2, 0) is 4.79 Å². The Bertz CT molecular complexity index is 1160. The summed E-state index contributed by atoms with van der Waals surface area (Å²) in [6.07, 6.45) is 1.80. The van der Waals surface area contributed by atoms with E-state index in [1.54, 1.807) is 54.4 Å². The third-order valence-corrected chi connectivity index (χ3v) is 6.68. The van der Waals surface area contributed by atoms with Crippen molar-refractivity contribution in [3.05, 3.63) is 75.0 Å². The maximum atomic E-state index is 12.1. The summed E-state index contributed by atoms with van der Waals surface area (Å²) in [5.74, 6) is -0.382. The van der Waals surface area contributed by atoms with Gasteiger partial charge < -0.3 is 24.3 Å². The van der Waals surface area contributed by atoms with E-state index in [9.17, 15) is 9.90 Å². The molecule has 0 N–H and O–H groups in total. The van der Waals surface area contributed by atoms with Crippen molar-refractivity contribution in [2.75, 3.05) is 14.2 Å². The maximum Gasteiger partial charge on any atom is 0.173 e. The fourth-order valence-electron chi connectivity index (χ4n) is 3.71. The molecule has 2 aromatic rings. The summed E-state index contributed by atoms with van der Waals surface area (Å²) in [7, 11) is 3.04. The highest BCUT2D eigenvalue weighted by molar-refractivity contribution is 8.22. The normalized spacial score (nSPS) is 17.8. The number of methoxy groups -OCH3 is 2. The highest BCUT2D eigenvalue weighted by Crippen LogP contribution is 2.50. The number of aliphatic carboxylic acids is 1. The first-order chi connectivity index (χ1) is 14.9. The van der Waals surface area contributed by atoms with E-state index in [4.69, 9.17) is 32.7 Å². The van der Waals surface area contributed by atoms with Crippen LogP contribution < -0.4 is 14.6 Å². The van der Waals surface area contributed by atoms with Crippen molar-refractivity contribution in [3.63, 3.8) is 0 Å². The van der Waals surface area contributed by atoms with Gasteiger partial charge >= 0.3 is 0 Å². The number of carboxylic acids is 1. The standard InChI is InChI=1S/C22H18Cl2N2O4S/c1-11-17(21(27)28)19(12-6-4-9-15(29-2)20(12)30-3)26-10-16(31-22(26)25-11)18-13(23)7-5-8-14(18)24/h4-10,19H,1-3H3,(H,27,28)/p-1. The summed E-state index contributed by atoms with van der Waals surface area (Å²) in [5.41, 5.74) is 1.67. The van der Waals surface area contributed by atoms with E-state index in [0.29, 0.717) is 43.5 Å². The molecule has 0 amide bonds. The van der Waals surface area contributed by atoms with Gasteiger partial charge in [0.05, 0.1) is 36.3 Å². The molecule has 2 aliphatic rings. The zero-order valence-electron chi connectivity index (χ0n) is 16.8. The van der Waals surface area contributed by atoms with Gasteiger partial charge in [0.25, 0.3) is 0 Å². The molecule has 1 unspecified atom stereocenters. The van der Waals surface area contributed by atoms with Crippen molar-refractivity contribution < 1.29 is 19.4 Å². The fraction of sp³-hybridized carbons (Fsp3) is 0.182. The summed E-state index contributed by atoms with van der Waals surface area (Å²) in [6, 6.07) is 9.85. The van der Waals surface area contributed by atoms with Crippen molar-refractivity contribution >= 4 is 51.0 Å². The minimum atomic E-state index is -1.31. The van der Waals surface area contributed by atoms with Gasteiger partial charge in [0.15, 0.2) is 16.7 Å². The molecule has 1 atom stereocenters. The number of carbonyl (C=O) groups excluding carboxylic acids is 1. The van der Waals surface area contributed by atoms with Crippen LogP contribution in [0.1, 0.15) is 24.1 Å². The molecule has 2 aliphatic heterocycles. The van der Waals surface area contributed by atoms with Gasteiger partial charge in [-0.2, -0.15) is 0 Å². The highest BCUT2D eigenvalue weighted by Gasteiger charge is 2.39. The number of ether oxygens (including phenoxy) is 2. The molecule has 9 heteroatoms. The van der Waals surface area contributed by atoms with Gasteiger partial charge in [-0.3, -0.25) is 0 Å². The van der Waals surface area contributed by atoms with Gasteiger partial charge in [-0.15, -0.1) is 0 Å². The van der Waals surface area contributed by atoms with Crippen LogP contribution in [-0.4, -0.2) is 30.3 Å². The Morgan fingerprint density at radius 3 is 2.42 bits per heavy atom. The topological polar surface area (TPSA) is 74.2 Å². The molecule has 0 saturated carbocycles. The fourth-order valence-corrected chi connectivity index (χ4v) is 5.55. The highest BCUT2D eigenvalue weighted by atomic mass is 35.5. The van der Waals surface area contributed by atoms with Crippen molar-refractivity contribution in [3.8, 4) is 11.5 Å². The zero-order valence-corrected chi connectivity index (χ0v) is 19.1. The molecule has 4 rings (SSSR count). The smallest absolute Gasteiger partial charge is 0.173 e. The molecule has 0 bridgehead atoms. The van der Waals surface area contributed by atoms with Gasteiger partial charge in [-0.05, 0) is 36.9 Å². The number of amidine groups is 1. The number of carbonyl (C=O) groups is 1. The Labute approximate surface area is 193 Å². The Morgan fingerprint density at radius 2 is 1.81 bits per heavy atom. The van der Waals surface area contributed by atoms with Gasteiger partial charge in [0.2, 0.25) is 0 Å². The van der Waals surface area contributed by atoms with E-state index >= 15 is 0 Å². The number of allylic oxidation sites excluding steroid dienone is 1. The van der Waals surface area contributed by atoms with Crippen LogP contribution in [0, 0.1) is 0 Å². The van der Waals surface area contributed by atoms with Crippen LogP contribution in [0.15, 0.2) is 58.9 Å². The first kappa shape index (κ1) is 21.6. The lowest BCUT2D eigenvalue weighted by molar-refractivity contribution is -0.300. The number of thioether (sulfide) groups is 1. The van der Waals surface area contributed by atoms with Crippen molar-refractivity contribution in [1.82, 2.24) is 4.90 Å². The average molecular weight is 476 g/mol. The largest absolute Gasteiger partial charge is 0.545 e. The minimum Gasteiger partial charge on any atom is -0.545 e. The number of fused-ring (bicyclic) bond motifs is 1. The van der Waals surface area contributed by atoms with Crippen molar-refractivity contribution in [2.45, 2.75) is 13.0 Å². The summed E-state index contributed by atoms with van der Waals surface area (Å²) < 4.78 is 11.0. The van der Waals surface area contributed by atoms with Crippen LogP contribution >= 0.6 is 35.0 Å². The molecular formula is C22H17Cl2N2O4S-. The number of hydrogen-bond acceptors (Lipinski definition) is 7. The molecule has 0 aliphatic carbocycles. The average Bonchev–Trinajstić information content (AvgIpc) is 3.14. The first-order valence-corrected chi connectivity index (χ1v) is 10.8. The van der Waals surface area contributed by atoms with E-state index in [0.717, 1.165) is 4.91 Å². The number of benzene rings is 2. The second-order valence-electron chi connectivity index (χ2n) is 6.77. The van der Waals surface area contributed by atoms with Crippen LogP contribution in [0.25, 0.3) is 4.91 Å². The van der Waals surface area contributed by atoms with Crippen molar-refractivity contribution in [1.29, 1.82) is 0 Å². The molecular weight excluding hydrogens is 459 g/mol. The predicted octanol–water partition coefficient (Wildman–Crippen LogP) is 4.49. The number of rotatable bonds is 5. The summed E-state index contributed by atoms with van der Waals surface area (Å²) in [6.45, 7) is 1.65. The quantitative estimate of drug-likeness (QED) is 0.633. The summed E-state index contributed by atoms with van der Waals surface area (Å²) >= 11 is 14.2. The Hall–Kier alpha value is -2.61. The minimum absolute atomic E-state index is 0.0404. The zero-order chi connectivity index (χ0) is 22.3. The summed E-state index contributed by atoms with van der Waals surface area (Å²) in [5, 5.41) is 13.7. The SMILES string of the molecule is COc1cccc(C2C(C(=O)[O-])=C(C)N=C3SC(c4c(Cl)cccc4Cl)=CN32)c1OC. The Balaban J connectivity index is 1.92. The molecule has 160 valence electrons. The van der Waals surface area contributed by atoms with Gasteiger partial charge in [-0.1, -0.05) is 41.4 Å². The molecule has 6 nitrogen and oxygen atoms in total. The number of hydrogen-bond donors (Lipinski definition) is 0. The molecule has 0 aromatic heterocycles. The van der Waals surface area contributed by atoms with E-state index in [-0.39, 0.29) is 5.57 Å². The van der Waals surface area contributed by atoms with E-state index in [1.165, 1.54) is 26.0 Å². The van der Waals surface area contributed by atoms with E-state index in [2.05, 4.69) is 4.99 Å². The molecule has 31 heavy (non-hydrogen) atoms. The van der Waals surface area contributed by atoms with Crippen LogP contribution in [0.3, 0.4) is 0 Å². The van der Waals surface area contributed by atoms with Crippen LogP contribution in [0.4, 0.5) is 0 Å². The van der Waals surface area contributed by atoms with Crippen LogP contribution in [0.5, 0.6) is 11.5 Å². The molecule has 0 spiro atoms. The third-order valence-electron chi connectivity index (χ3n) is 5.04. The Kier molecular flexibility index (Phi) is 5.92. The lowest BCUT2D eigenvalue weighted by Crippen LogP contribution is -2.38. The van der Waals surface area contributed by atoms with Crippen LogP contribution in [0.2, 0.25) is 10.0 Å². The molecule has 0 fully saturated rings. The van der Waals surface area contributed by atoms with E-state index in [1.807, 2.05) is 0 Å². The predicted molar refractivity (Wildman–Crippen MR) is 121 cm³/mol. The summed E-state index contributed by atoms with van der Waals surface area (Å²) in [4.78, 5) is 19.2. The lowest BCUT2D eigenvalue weighted by Gasteiger charge is -2.35. The maximum absolute atomic E-state index is 12.1. The number of carboxylic acid groups (broad SMARTS) is 1. The molecule has 0 radical (unpaired) electrons. The molecule has 0 saturated heterocycles. The van der Waals surface area contributed by atoms with Gasteiger partial charge in [0, 0.05) is 33.5 Å². The number of para-hydroxylation sites is 1.